The molecule has 0 aliphatic carbocycles. The lowest BCUT2D eigenvalue weighted by Crippen LogP contribution is -2.41. The van der Waals surface area contributed by atoms with Gasteiger partial charge in [0.15, 0.2) is 0 Å². The Hall–Kier alpha value is -0.160. The predicted molar refractivity (Wildman–Crippen MR) is 41.8 cm³/mol. The predicted octanol–water partition coefficient (Wildman–Crippen LogP) is -0.840. The lowest BCUT2D eigenvalue weighted by molar-refractivity contribution is -0.0938. The molecule has 1 aliphatic rings. The Bertz CT molecular complexity index is 111. The van der Waals surface area contributed by atoms with Gasteiger partial charge in [-0.2, -0.15) is 0 Å². The van der Waals surface area contributed by atoms with Crippen LogP contribution in [0.15, 0.2) is 0 Å². The highest BCUT2D eigenvalue weighted by molar-refractivity contribution is 4.74. The summed E-state index contributed by atoms with van der Waals surface area (Å²) < 4.78 is 5.33. The van der Waals surface area contributed by atoms with E-state index < -0.39 is 0 Å². The number of aliphatic hydroxyl groups excluding tert-OH is 1. The minimum atomic E-state index is -0.310. The number of rotatable bonds is 2. The van der Waals surface area contributed by atoms with E-state index in [1.54, 1.807) is 0 Å². The fourth-order valence-corrected chi connectivity index (χ4v) is 1.40. The van der Waals surface area contributed by atoms with Crippen molar-refractivity contribution in [2.75, 3.05) is 6.54 Å². The highest BCUT2D eigenvalue weighted by atomic mass is 16.5. The van der Waals surface area contributed by atoms with Crippen molar-refractivity contribution >= 4 is 0 Å². The van der Waals surface area contributed by atoms with E-state index in [0.29, 0.717) is 19.4 Å². The van der Waals surface area contributed by atoms with Gasteiger partial charge in [0.25, 0.3) is 0 Å². The van der Waals surface area contributed by atoms with Gasteiger partial charge in [-0.1, -0.05) is 0 Å². The van der Waals surface area contributed by atoms with Crippen LogP contribution >= 0.6 is 0 Å². The summed E-state index contributed by atoms with van der Waals surface area (Å²) in [6.07, 6.45) is 1.43. The van der Waals surface area contributed by atoms with Gasteiger partial charge in [-0.15, -0.1) is 0 Å². The van der Waals surface area contributed by atoms with E-state index in [0.717, 1.165) is 6.42 Å². The van der Waals surface area contributed by atoms with Crippen molar-refractivity contribution in [3.63, 3.8) is 0 Å². The molecule has 1 fully saturated rings. The van der Waals surface area contributed by atoms with Crippen molar-refractivity contribution in [1.82, 2.24) is 0 Å². The molecule has 1 aliphatic heterocycles. The highest BCUT2D eigenvalue weighted by Gasteiger charge is 2.25. The van der Waals surface area contributed by atoms with Gasteiger partial charge in [0, 0.05) is 6.42 Å². The zero-order chi connectivity index (χ0) is 8.27. The second-order valence-electron chi connectivity index (χ2n) is 3.00. The molecule has 3 unspecified atom stereocenters. The van der Waals surface area contributed by atoms with E-state index in [1.807, 2.05) is 0 Å². The smallest absolute Gasteiger partial charge is 0.108 e. The molecule has 1 heterocycles. The third-order valence-corrected chi connectivity index (χ3v) is 1.90. The summed E-state index contributed by atoms with van der Waals surface area (Å²) in [5, 5.41) is 9.28. The Morgan fingerprint density at radius 1 is 1.45 bits per heavy atom. The van der Waals surface area contributed by atoms with E-state index in [2.05, 4.69) is 0 Å². The standard InChI is InChI=1S/C7H16N2O2/c8-2-1-6-3-5(10)4-7(9)11-6/h5-7,10H,1-4,8-9H2. The van der Waals surface area contributed by atoms with Crippen LogP contribution in [0.1, 0.15) is 19.3 Å². The first-order valence-electron chi connectivity index (χ1n) is 4.01. The maximum atomic E-state index is 9.28. The third kappa shape index (κ3) is 2.75. The molecule has 11 heavy (non-hydrogen) atoms. The molecule has 1 saturated heterocycles. The van der Waals surface area contributed by atoms with E-state index in [1.165, 1.54) is 0 Å². The van der Waals surface area contributed by atoms with Crippen molar-refractivity contribution in [2.24, 2.45) is 11.5 Å². The topological polar surface area (TPSA) is 81.5 Å². The van der Waals surface area contributed by atoms with Gasteiger partial charge in [-0.3, -0.25) is 0 Å². The minimum absolute atomic E-state index is 0.0544. The normalized spacial score (nSPS) is 39.0. The van der Waals surface area contributed by atoms with Crippen molar-refractivity contribution in [3.8, 4) is 0 Å². The summed E-state index contributed by atoms with van der Waals surface area (Å²) >= 11 is 0. The van der Waals surface area contributed by atoms with E-state index in [4.69, 9.17) is 16.2 Å². The van der Waals surface area contributed by atoms with Crippen molar-refractivity contribution in [1.29, 1.82) is 0 Å². The molecule has 66 valence electrons. The molecule has 4 nitrogen and oxygen atoms in total. The van der Waals surface area contributed by atoms with Crippen LogP contribution in [-0.2, 0) is 4.74 Å². The monoisotopic (exact) mass is 160 g/mol. The van der Waals surface area contributed by atoms with E-state index in [9.17, 15) is 5.11 Å². The molecular formula is C7H16N2O2. The van der Waals surface area contributed by atoms with Gasteiger partial charge in [-0.25, -0.2) is 0 Å². The summed E-state index contributed by atoms with van der Waals surface area (Å²) in [5.41, 5.74) is 10.9. The second kappa shape index (κ2) is 4.01. The van der Waals surface area contributed by atoms with Gasteiger partial charge < -0.3 is 21.3 Å². The van der Waals surface area contributed by atoms with Crippen molar-refractivity contribution in [3.05, 3.63) is 0 Å². The fourth-order valence-electron chi connectivity index (χ4n) is 1.40. The molecule has 0 radical (unpaired) electrons. The Kier molecular flexibility index (Phi) is 3.26. The maximum Gasteiger partial charge on any atom is 0.108 e. The number of nitrogens with two attached hydrogens (primary N) is 2. The molecule has 0 saturated carbocycles. The molecular weight excluding hydrogens is 144 g/mol. The van der Waals surface area contributed by atoms with Gasteiger partial charge in [0.1, 0.15) is 6.23 Å². The highest BCUT2D eigenvalue weighted by Crippen LogP contribution is 2.18. The summed E-state index contributed by atoms with van der Waals surface area (Å²) in [5.74, 6) is 0. The number of hydrogen-bond acceptors (Lipinski definition) is 4. The van der Waals surface area contributed by atoms with Crippen LogP contribution in [0.3, 0.4) is 0 Å². The summed E-state index contributed by atoms with van der Waals surface area (Å²) in [6, 6.07) is 0. The molecule has 0 aromatic rings. The van der Waals surface area contributed by atoms with E-state index >= 15 is 0 Å². The zero-order valence-electron chi connectivity index (χ0n) is 6.57. The summed E-state index contributed by atoms with van der Waals surface area (Å²) in [7, 11) is 0. The molecule has 5 N–H and O–H groups in total. The first-order valence-corrected chi connectivity index (χ1v) is 4.01. The minimum Gasteiger partial charge on any atom is -0.393 e. The SMILES string of the molecule is NCCC1CC(O)CC(N)O1. The number of aliphatic hydroxyl groups is 1. The maximum absolute atomic E-state index is 9.28. The Morgan fingerprint density at radius 2 is 2.18 bits per heavy atom. The van der Waals surface area contributed by atoms with Gasteiger partial charge in [0.2, 0.25) is 0 Å². The molecule has 0 aromatic carbocycles. The molecule has 0 amide bonds. The van der Waals surface area contributed by atoms with Crippen LogP contribution < -0.4 is 11.5 Å². The number of ether oxygens (including phenoxy) is 1. The van der Waals surface area contributed by atoms with Crippen LogP contribution in [0.5, 0.6) is 0 Å². The fraction of sp³-hybridized carbons (Fsp3) is 1.00. The lowest BCUT2D eigenvalue weighted by atomic mass is 10.0. The van der Waals surface area contributed by atoms with Crippen LogP contribution in [0.4, 0.5) is 0 Å². The van der Waals surface area contributed by atoms with Crippen LogP contribution in [-0.4, -0.2) is 30.1 Å². The average molecular weight is 160 g/mol. The third-order valence-electron chi connectivity index (χ3n) is 1.90. The Labute approximate surface area is 66.5 Å². The lowest BCUT2D eigenvalue weighted by Gasteiger charge is -2.30. The first-order chi connectivity index (χ1) is 5.22. The molecule has 1 rings (SSSR count). The summed E-state index contributed by atoms with van der Waals surface area (Å²) in [4.78, 5) is 0. The van der Waals surface area contributed by atoms with Crippen LogP contribution in [0, 0.1) is 0 Å². The van der Waals surface area contributed by atoms with Gasteiger partial charge in [-0.05, 0) is 19.4 Å². The van der Waals surface area contributed by atoms with Crippen molar-refractivity contribution < 1.29 is 9.84 Å². The molecule has 0 aromatic heterocycles. The second-order valence-corrected chi connectivity index (χ2v) is 3.00. The molecule has 3 atom stereocenters. The molecule has 0 spiro atoms. The van der Waals surface area contributed by atoms with Gasteiger partial charge in [0.05, 0.1) is 12.2 Å². The van der Waals surface area contributed by atoms with Gasteiger partial charge >= 0.3 is 0 Å². The number of hydrogen-bond donors (Lipinski definition) is 3. The van der Waals surface area contributed by atoms with E-state index in [-0.39, 0.29) is 18.4 Å². The van der Waals surface area contributed by atoms with Crippen LogP contribution in [0.25, 0.3) is 0 Å². The Morgan fingerprint density at radius 3 is 2.73 bits per heavy atom. The quantitative estimate of drug-likeness (QED) is 0.492. The molecule has 0 bridgehead atoms. The summed E-state index contributed by atoms with van der Waals surface area (Å²) in [6.45, 7) is 0.587. The average Bonchev–Trinajstić information content (AvgIpc) is 1.85. The van der Waals surface area contributed by atoms with Crippen LogP contribution in [0.2, 0.25) is 0 Å². The Balaban J connectivity index is 2.30. The zero-order valence-corrected chi connectivity index (χ0v) is 6.57. The molecule has 4 heteroatoms. The van der Waals surface area contributed by atoms with Crippen molar-refractivity contribution in [2.45, 2.75) is 37.7 Å². The largest absolute Gasteiger partial charge is 0.393 e. The first kappa shape index (κ1) is 8.93.